The van der Waals surface area contributed by atoms with Crippen LogP contribution >= 0.6 is 0 Å². The second kappa shape index (κ2) is 3.11. The van der Waals surface area contributed by atoms with Crippen molar-refractivity contribution in [1.82, 2.24) is 9.55 Å². The van der Waals surface area contributed by atoms with Crippen LogP contribution < -0.4 is 0 Å². The van der Waals surface area contributed by atoms with Crippen LogP contribution in [0.3, 0.4) is 0 Å². The zero-order chi connectivity index (χ0) is 8.39. The molecule has 2 rings (SSSR count). The van der Waals surface area contributed by atoms with Gasteiger partial charge < -0.3 is 9.30 Å². The summed E-state index contributed by atoms with van der Waals surface area (Å²) in [5.41, 5.74) is 1.16. The first-order valence-electron chi connectivity index (χ1n) is 4.16. The van der Waals surface area contributed by atoms with Gasteiger partial charge in [0, 0.05) is 13.2 Å². The average molecular weight is 164 g/mol. The molecule has 12 heavy (non-hydrogen) atoms. The number of hydrogen-bond donors (Lipinski definition) is 0. The van der Waals surface area contributed by atoms with Crippen LogP contribution in [0.4, 0.5) is 0 Å². The van der Waals surface area contributed by atoms with Crippen LogP contribution in [0.25, 0.3) is 6.08 Å². The third-order valence-corrected chi connectivity index (χ3v) is 2.07. The lowest BCUT2D eigenvalue weighted by atomic mass is 10.4. The number of imidazole rings is 1. The van der Waals surface area contributed by atoms with E-state index < -0.39 is 0 Å². The van der Waals surface area contributed by atoms with Crippen molar-refractivity contribution in [1.29, 1.82) is 0 Å². The van der Waals surface area contributed by atoms with Crippen LogP contribution in [0.15, 0.2) is 12.8 Å². The third kappa shape index (κ3) is 1.16. The van der Waals surface area contributed by atoms with E-state index in [1.165, 1.54) is 0 Å². The van der Waals surface area contributed by atoms with E-state index in [9.17, 15) is 0 Å². The van der Waals surface area contributed by atoms with Crippen molar-refractivity contribution in [3.8, 4) is 0 Å². The van der Waals surface area contributed by atoms with Gasteiger partial charge in [-0.05, 0) is 12.5 Å². The molecular formula is C9H12N2O. The summed E-state index contributed by atoms with van der Waals surface area (Å²) in [6.45, 7) is 6.24. The minimum absolute atomic E-state index is 0.681. The quantitative estimate of drug-likeness (QED) is 0.628. The molecule has 0 atom stereocenters. The Morgan fingerprint density at radius 3 is 3.42 bits per heavy atom. The van der Waals surface area contributed by atoms with Crippen LogP contribution in [0.1, 0.15) is 17.9 Å². The van der Waals surface area contributed by atoms with E-state index in [0.717, 1.165) is 31.1 Å². The molecule has 2 heterocycles. The number of ether oxygens (including phenoxy) is 1. The standard InChI is InChI=1S/C9H12N2O/c1-2-9-10-6-8-7-12-5-3-4-11(8)9/h2,6H,1,3-5,7H2. The van der Waals surface area contributed by atoms with Crippen molar-refractivity contribution in [2.45, 2.75) is 19.6 Å². The Kier molecular flexibility index (Phi) is 1.96. The molecule has 3 nitrogen and oxygen atoms in total. The smallest absolute Gasteiger partial charge is 0.132 e. The van der Waals surface area contributed by atoms with Gasteiger partial charge in [0.1, 0.15) is 5.82 Å². The lowest BCUT2D eigenvalue weighted by Crippen LogP contribution is -2.02. The van der Waals surface area contributed by atoms with Crippen molar-refractivity contribution < 1.29 is 4.74 Å². The molecule has 0 fully saturated rings. The number of rotatable bonds is 1. The second-order valence-electron chi connectivity index (χ2n) is 2.87. The molecule has 0 aromatic carbocycles. The monoisotopic (exact) mass is 164 g/mol. The summed E-state index contributed by atoms with van der Waals surface area (Å²) in [4.78, 5) is 4.22. The predicted octanol–water partition coefficient (Wildman–Crippen LogP) is 1.45. The fourth-order valence-electron chi connectivity index (χ4n) is 1.46. The van der Waals surface area contributed by atoms with E-state index in [0.29, 0.717) is 6.61 Å². The Balaban J connectivity index is 2.38. The lowest BCUT2D eigenvalue weighted by Gasteiger charge is -2.03. The van der Waals surface area contributed by atoms with Gasteiger partial charge in [-0.2, -0.15) is 0 Å². The molecule has 0 unspecified atom stereocenters. The Labute approximate surface area is 71.7 Å². The first-order chi connectivity index (χ1) is 5.92. The summed E-state index contributed by atoms with van der Waals surface area (Å²) < 4.78 is 7.55. The highest BCUT2D eigenvalue weighted by Gasteiger charge is 2.10. The molecule has 3 heteroatoms. The zero-order valence-electron chi connectivity index (χ0n) is 6.99. The SMILES string of the molecule is C=Cc1ncc2n1CCCOC2. The van der Waals surface area contributed by atoms with Crippen molar-refractivity contribution in [2.75, 3.05) is 6.61 Å². The highest BCUT2D eigenvalue weighted by atomic mass is 16.5. The number of nitrogens with zero attached hydrogens (tertiary/aromatic N) is 2. The summed E-state index contributed by atoms with van der Waals surface area (Å²) in [5, 5.41) is 0. The number of aromatic nitrogens is 2. The molecule has 0 aliphatic carbocycles. The first kappa shape index (κ1) is 7.55. The van der Waals surface area contributed by atoms with Gasteiger partial charge in [0.15, 0.2) is 0 Å². The Morgan fingerprint density at radius 1 is 1.67 bits per heavy atom. The minimum Gasteiger partial charge on any atom is -0.375 e. The molecule has 64 valence electrons. The zero-order valence-corrected chi connectivity index (χ0v) is 6.99. The summed E-state index contributed by atoms with van der Waals surface area (Å²) in [7, 11) is 0. The van der Waals surface area contributed by atoms with E-state index in [1.54, 1.807) is 6.08 Å². The summed E-state index contributed by atoms with van der Waals surface area (Å²) in [6.07, 6.45) is 4.71. The minimum atomic E-state index is 0.681. The molecule has 1 aliphatic rings. The number of fused-ring (bicyclic) bond motifs is 1. The van der Waals surface area contributed by atoms with E-state index >= 15 is 0 Å². The van der Waals surface area contributed by atoms with Crippen molar-refractivity contribution >= 4 is 6.08 Å². The molecular weight excluding hydrogens is 152 g/mol. The highest BCUT2D eigenvalue weighted by Crippen LogP contribution is 2.12. The van der Waals surface area contributed by atoms with Crippen LogP contribution in [-0.4, -0.2) is 16.2 Å². The molecule has 0 radical (unpaired) electrons. The highest BCUT2D eigenvalue weighted by molar-refractivity contribution is 5.37. The number of hydrogen-bond acceptors (Lipinski definition) is 2. The maximum Gasteiger partial charge on any atom is 0.132 e. The molecule has 0 bridgehead atoms. The van der Waals surface area contributed by atoms with Crippen molar-refractivity contribution in [2.24, 2.45) is 0 Å². The van der Waals surface area contributed by atoms with Gasteiger partial charge in [-0.1, -0.05) is 6.58 Å². The third-order valence-electron chi connectivity index (χ3n) is 2.07. The summed E-state index contributed by atoms with van der Waals surface area (Å²) >= 11 is 0. The molecule has 0 saturated carbocycles. The van der Waals surface area contributed by atoms with Gasteiger partial charge in [-0.25, -0.2) is 4.98 Å². The maximum absolute atomic E-state index is 5.38. The van der Waals surface area contributed by atoms with Gasteiger partial charge >= 0.3 is 0 Å². The van der Waals surface area contributed by atoms with Crippen molar-refractivity contribution in [3.05, 3.63) is 24.3 Å². The van der Waals surface area contributed by atoms with Crippen LogP contribution in [0.5, 0.6) is 0 Å². The normalized spacial score (nSPS) is 16.7. The Morgan fingerprint density at radius 2 is 2.58 bits per heavy atom. The Bertz CT molecular complexity index is 291. The fraction of sp³-hybridized carbons (Fsp3) is 0.444. The predicted molar refractivity (Wildman–Crippen MR) is 46.6 cm³/mol. The van der Waals surface area contributed by atoms with Crippen molar-refractivity contribution in [3.63, 3.8) is 0 Å². The Hall–Kier alpha value is -1.09. The topological polar surface area (TPSA) is 27.1 Å². The van der Waals surface area contributed by atoms with Gasteiger partial charge in [0.25, 0.3) is 0 Å². The van der Waals surface area contributed by atoms with Crippen LogP contribution in [-0.2, 0) is 17.9 Å². The van der Waals surface area contributed by atoms with Crippen LogP contribution in [0, 0.1) is 0 Å². The van der Waals surface area contributed by atoms with Gasteiger partial charge in [0.05, 0.1) is 18.5 Å². The first-order valence-corrected chi connectivity index (χ1v) is 4.16. The van der Waals surface area contributed by atoms with E-state index in [2.05, 4.69) is 16.1 Å². The van der Waals surface area contributed by atoms with Gasteiger partial charge in [-0.3, -0.25) is 0 Å². The summed E-state index contributed by atoms with van der Waals surface area (Å²) in [5.74, 6) is 0.954. The molecule has 0 amide bonds. The van der Waals surface area contributed by atoms with E-state index in [4.69, 9.17) is 4.74 Å². The van der Waals surface area contributed by atoms with Gasteiger partial charge in [0.2, 0.25) is 0 Å². The lowest BCUT2D eigenvalue weighted by molar-refractivity contribution is 0.124. The molecule has 0 spiro atoms. The van der Waals surface area contributed by atoms with Gasteiger partial charge in [-0.15, -0.1) is 0 Å². The van der Waals surface area contributed by atoms with Crippen LogP contribution in [0.2, 0.25) is 0 Å². The van der Waals surface area contributed by atoms with E-state index in [1.807, 2.05) is 6.20 Å². The maximum atomic E-state index is 5.38. The molecule has 0 N–H and O–H groups in total. The molecule has 1 aliphatic heterocycles. The molecule has 1 aromatic heterocycles. The van der Waals surface area contributed by atoms with E-state index in [-0.39, 0.29) is 0 Å². The molecule has 1 aromatic rings. The summed E-state index contributed by atoms with van der Waals surface area (Å²) in [6, 6.07) is 0. The largest absolute Gasteiger partial charge is 0.375 e. The fourth-order valence-corrected chi connectivity index (χ4v) is 1.46. The second-order valence-corrected chi connectivity index (χ2v) is 2.87. The molecule has 0 saturated heterocycles. The average Bonchev–Trinajstić information content (AvgIpc) is 2.33.